The van der Waals surface area contributed by atoms with Gasteiger partial charge in [0, 0.05) is 6.54 Å². The van der Waals surface area contributed by atoms with Gasteiger partial charge in [-0.05, 0) is 30.2 Å². The summed E-state index contributed by atoms with van der Waals surface area (Å²) in [5.41, 5.74) is 0.406. The van der Waals surface area contributed by atoms with Crippen LogP contribution in [0.15, 0.2) is 36.4 Å². The van der Waals surface area contributed by atoms with Crippen molar-refractivity contribution in [3.63, 3.8) is 0 Å². The second-order valence-electron chi connectivity index (χ2n) is 5.01. The zero-order valence-corrected chi connectivity index (χ0v) is 12.7. The first-order chi connectivity index (χ1) is 10.1. The lowest BCUT2D eigenvalue weighted by molar-refractivity contribution is 0.102. The molecule has 0 fully saturated rings. The van der Waals surface area contributed by atoms with Crippen molar-refractivity contribution in [1.82, 2.24) is 10.2 Å². The lowest BCUT2D eigenvalue weighted by Gasteiger charge is -2.08. The summed E-state index contributed by atoms with van der Waals surface area (Å²) >= 11 is 5.97. The van der Waals surface area contributed by atoms with Gasteiger partial charge < -0.3 is 10.6 Å². The Labute approximate surface area is 128 Å². The molecular weight excluding hydrogens is 288 g/mol. The van der Waals surface area contributed by atoms with Gasteiger partial charge in [0.25, 0.3) is 5.91 Å². The molecule has 0 radical (unpaired) electrons. The molecular formula is C15H17ClN4O. The smallest absolute Gasteiger partial charge is 0.258 e. The third kappa shape index (κ3) is 4.43. The number of carbonyl (C=O) groups is 1. The average Bonchev–Trinajstić information content (AvgIpc) is 2.47. The van der Waals surface area contributed by atoms with Crippen LogP contribution in [-0.2, 0) is 0 Å². The highest BCUT2D eigenvalue weighted by molar-refractivity contribution is 6.34. The highest BCUT2D eigenvalue weighted by atomic mass is 35.5. The number of benzene rings is 1. The van der Waals surface area contributed by atoms with Crippen LogP contribution in [0.4, 0.5) is 11.6 Å². The molecule has 0 aliphatic rings. The Kier molecular flexibility index (Phi) is 5.11. The van der Waals surface area contributed by atoms with Crippen LogP contribution in [0.5, 0.6) is 0 Å². The largest absolute Gasteiger partial charge is 0.368 e. The van der Waals surface area contributed by atoms with Crippen LogP contribution >= 0.6 is 11.6 Å². The van der Waals surface area contributed by atoms with Gasteiger partial charge in [0.1, 0.15) is 5.82 Å². The Hall–Kier alpha value is -2.14. The first-order valence-corrected chi connectivity index (χ1v) is 7.07. The van der Waals surface area contributed by atoms with Gasteiger partial charge in [-0.3, -0.25) is 4.79 Å². The molecule has 1 heterocycles. The highest BCUT2D eigenvalue weighted by Crippen LogP contribution is 2.16. The topological polar surface area (TPSA) is 66.9 Å². The number of nitrogens with one attached hydrogen (secondary N) is 2. The Bertz CT molecular complexity index is 613. The summed E-state index contributed by atoms with van der Waals surface area (Å²) < 4.78 is 0. The van der Waals surface area contributed by atoms with Crippen molar-refractivity contribution in [2.24, 2.45) is 5.92 Å². The molecule has 0 saturated carbocycles. The predicted octanol–water partition coefficient (Wildman–Crippen LogP) is 3.45. The molecule has 1 aromatic heterocycles. The summed E-state index contributed by atoms with van der Waals surface area (Å²) in [5.74, 6) is 1.28. The fourth-order valence-electron chi connectivity index (χ4n) is 1.63. The Morgan fingerprint density at radius 3 is 2.43 bits per heavy atom. The summed E-state index contributed by atoms with van der Waals surface area (Å²) in [7, 11) is 0. The van der Waals surface area contributed by atoms with Crippen molar-refractivity contribution in [2.75, 3.05) is 17.2 Å². The number of anilines is 2. The summed E-state index contributed by atoms with van der Waals surface area (Å²) in [5, 5.41) is 14.2. The van der Waals surface area contributed by atoms with Gasteiger partial charge >= 0.3 is 0 Å². The maximum atomic E-state index is 12.1. The molecule has 1 aromatic carbocycles. The number of aromatic nitrogens is 2. The van der Waals surface area contributed by atoms with E-state index in [1.165, 1.54) is 0 Å². The molecule has 0 atom stereocenters. The molecule has 2 rings (SSSR count). The second-order valence-corrected chi connectivity index (χ2v) is 5.42. The van der Waals surface area contributed by atoms with Gasteiger partial charge in [-0.1, -0.05) is 37.6 Å². The number of rotatable bonds is 5. The van der Waals surface area contributed by atoms with Crippen molar-refractivity contribution in [2.45, 2.75) is 13.8 Å². The summed E-state index contributed by atoms with van der Waals surface area (Å²) in [4.78, 5) is 12.1. The van der Waals surface area contributed by atoms with E-state index in [-0.39, 0.29) is 5.91 Å². The van der Waals surface area contributed by atoms with E-state index in [4.69, 9.17) is 11.6 Å². The summed E-state index contributed by atoms with van der Waals surface area (Å²) in [6.45, 7) is 5.04. The fraction of sp³-hybridized carbons (Fsp3) is 0.267. The van der Waals surface area contributed by atoms with Gasteiger partial charge in [-0.25, -0.2) is 0 Å². The van der Waals surface area contributed by atoms with E-state index < -0.39 is 0 Å². The standard InChI is InChI=1S/C15H17ClN4O/c1-10(2)9-17-13-7-8-14(20-19-13)18-15(21)11-5-3-4-6-12(11)16/h3-8,10H,9H2,1-2H3,(H,17,19)(H,18,20,21). The SMILES string of the molecule is CC(C)CNc1ccc(NC(=O)c2ccccc2Cl)nn1. The molecule has 0 unspecified atom stereocenters. The van der Waals surface area contributed by atoms with Crippen molar-refractivity contribution in [1.29, 1.82) is 0 Å². The van der Waals surface area contributed by atoms with Crippen LogP contribution in [0, 0.1) is 5.92 Å². The van der Waals surface area contributed by atoms with Crippen LogP contribution < -0.4 is 10.6 Å². The number of nitrogens with zero attached hydrogens (tertiary/aromatic N) is 2. The first kappa shape index (κ1) is 15.3. The maximum absolute atomic E-state index is 12.1. The lowest BCUT2D eigenvalue weighted by atomic mass is 10.2. The van der Waals surface area contributed by atoms with Gasteiger partial charge in [-0.2, -0.15) is 0 Å². The molecule has 0 aliphatic carbocycles. The Morgan fingerprint density at radius 1 is 1.14 bits per heavy atom. The van der Waals surface area contributed by atoms with E-state index in [2.05, 4.69) is 34.7 Å². The second kappa shape index (κ2) is 7.04. The molecule has 1 amide bonds. The van der Waals surface area contributed by atoms with E-state index in [0.717, 1.165) is 6.54 Å². The monoisotopic (exact) mass is 304 g/mol. The van der Waals surface area contributed by atoms with E-state index in [1.54, 1.807) is 36.4 Å². The molecule has 21 heavy (non-hydrogen) atoms. The number of halogens is 1. The number of hydrogen-bond donors (Lipinski definition) is 2. The quantitative estimate of drug-likeness (QED) is 0.888. The van der Waals surface area contributed by atoms with Gasteiger partial charge in [-0.15, -0.1) is 10.2 Å². The predicted molar refractivity (Wildman–Crippen MR) is 84.8 cm³/mol. The van der Waals surface area contributed by atoms with E-state index in [9.17, 15) is 4.79 Å². The van der Waals surface area contributed by atoms with Crippen molar-refractivity contribution in [3.05, 3.63) is 47.0 Å². The normalized spacial score (nSPS) is 10.5. The fourth-order valence-corrected chi connectivity index (χ4v) is 1.85. The summed E-state index contributed by atoms with van der Waals surface area (Å²) in [6.07, 6.45) is 0. The third-order valence-corrected chi connectivity index (χ3v) is 3.05. The molecule has 0 saturated heterocycles. The molecule has 0 aliphatic heterocycles. The number of carbonyl (C=O) groups excluding carboxylic acids is 1. The maximum Gasteiger partial charge on any atom is 0.258 e. The lowest BCUT2D eigenvalue weighted by Crippen LogP contribution is -2.14. The van der Waals surface area contributed by atoms with Crippen molar-refractivity contribution in [3.8, 4) is 0 Å². The average molecular weight is 305 g/mol. The zero-order chi connectivity index (χ0) is 15.2. The van der Waals surface area contributed by atoms with Crippen LogP contribution in [0.3, 0.4) is 0 Å². The zero-order valence-electron chi connectivity index (χ0n) is 11.9. The minimum atomic E-state index is -0.308. The van der Waals surface area contributed by atoms with Crippen LogP contribution in [-0.4, -0.2) is 22.6 Å². The molecule has 5 nitrogen and oxygen atoms in total. The minimum absolute atomic E-state index is 0.308. The van der Waals surface area contributed by atoms with Gasteiger partial charge in [0.15, 0.2) is 5.82 Å². The van der Waals surface area contributed by atoms with Gasteiger partial charge in [0.05, 0.1) is 10.6 Å². The van der Waals surface area contributed by atoms with Crippen molar-refractivity contribution < 1.29 is 4.79 Å². The molecule has 6 heteroatoms. The minimum Gasteiger partial charge on any atom is -0.368 e. The van der Waals surface area contributed by atoms with Crippen LogP contribution in [0.2, 0.25) is 5.02 Å². The molecule has 0 spiro atoms. The van der Waals surface area contributed by atoms with Crippen molar-refractivity contribution >= 4 is 29.1 Å². The van der Waals surface area contributed by atoms with Gasteiger partial charge in [0.2, 0.25) is 0 Å². The molecule has 2 N–H and O–H groups in total. The number of amides is 1. The Balaban J connectivity index is 2.00. The highest BCUT2D eigenvalue weighted by Gasteiger charge is 2.10. The Morgan fingerprint density at radius 2 is 1.81 bits per heavy atom. The third-order valence-electron chi connectivity index (χ3n) is 2.72. The van der Waals surface area contributed by atoms with Crippen LogP contribution in [0.1, 0.15) is 24.2 Å². The molecule has 110 valence electrons. The first-order valence-electron chi connectivity index (χ1n) is 6.69. The number of hydrogen-bond acceptors (Lipinski definition) is 4. The van der Waals surface area contributed by atoms with E-state index in [0.29, 0.717) is 28.1 Å². The molecule has 2 aromatic rings. The van der Waals surface area contributed by atoms with E-state index in [1.807, 2.05) is 0 Å². The summed E-state index contributed by atoms with van der Waals surface area (Å²) in [6, 6.07) is 10.3. The van der Waals surface area contributed by atoms with Crippen LogP contribution in [0.25, 0.3) is 0 Å². The molecule has 0 bridgehead atoms. The van der Waals surface area contributed by atoms with E-state index >= 15 is 0 Å².